The maximum absolute atomic E-state index is 13.5. The molecular weight excluding hydrogens is 414 g/mol. The predicted octanol–water partition coefficient (Wildman–Crippen LogP) is 3.49. The second kappa shape index (κ2) is 10.3. The van der Waals surface area contributed by atoms with Crippen molar-refractivity contribution in [2.24, 2.45) is 0 Å². The summed E-state index contributed by atoms with van der Waals surface area (Å²) in [5.74, 6) is 0.482. The highest BCUT2D eigenvalue weighted by Crippen LogP contribution is 2.24. The van der Waals surface area contributed by atoms with Gasteiger partial charge in [0.05, 0.1) is 0 Å². The Bertz CT molecular complexity index is 1120. The lowest BCUT2D eigenvalue weighted by atomic mass is 9.97. The summed E-state index contributed by atoms with van der Waals surface area (Å²) in [6, 6.07) is 14.9. The number of piperazine rings is 1. The van der Waals surface area contributed by atoms with Gasteiger partial charge in [0.25, 0.3) is 5.91 Å². The van der Waals surface area contributed by atoms with Crippen LogP contribution in [0.3, 0.4) is 0 Å². The van der Waals surface area contributed by atoms with E-state index in [1.165, 1.54) is 0 Å². The number of nitrogens with zero attached hydrogens (tertiary/aromatic N) is 4. The van der Waals surface area contributed by atoms with Gasteiger partial charge in [-0.1, -0.05) is 37.3 Å². The Balaban J connectivity index is 1.63. The van der Waals surface area contributed by atoms with E-state index in [4.69, 9.17) is 0 Å². The van der Waals surface area contributed by atoms with E-state index in [2.05, 4.69) is 28.3 Å². The Labute approximate surface area is 194 Å². The molecule has 1 saturated heterocycles. The van der Waals surface area contributed by atoms with E-state index in [-0.39, 0.29) is 11.8 Å². The van der Waals surface area contributed by atoms with Crippen LogP contribution < -0.4 is 5.32 Å². The van der Waals surface area contributed by atoms with Crippen LogP contribution in [0.4, 0.5) is 5.82 Å². The van der Waals surface area contributed by atoms with E-state index < -0.39 is 6.04 Å². The summed E-state index contributed by atoms with van der Waals surface area (Å²) in [5.41, 5.74) is 3.60. The fourth-order valence-electron chi connectivity index (χ4n) is 4.27. The van der Waals surface area contributed by atoms with Gasteiger partial charge >= 0.3 is 0 Å². The number of amides is 2. The van der Waals surface area contributed by atoms with Crippen LogP contribution in [0, 0.1) is 0 Å². The minimum Gasteiger partial charge on any atom is -0.373 e. The topological polar surface area (TPSA) is 78.4 Å². The summed E-state index contributed by atoms with van der Waals surface area (Å²) in [4.78, 5) is 38.9. The SMILES string of the molecule is CCCN1CCN(C(=O)c2ccnc(NC)c2)[C@H](Cc2cccc(-c3cccnc3)c2)C1=O. The highest BCUT2D eigenvalue weighted by Gasteiger charge is 2.37. The normalized spacial score (nSPS) is 16.1. The van der Waals surface area contributed by atoms with Crippen LogP contribution in [0.5, 0.6) is 0 Å². The van der Waals surface area contributed by atoms with Gasteiger partial charge in [-0.05, 0) is 41.3 Å². The van der Waals surface area contributed by atoms with E-state index in [1.807, 2.05) is 41.4 Å². The van der Waals surface area contributed by atoms with Gasteiger partial charge in [0.1, 0.15) is 11.9 Å². The molecule has 0 unspecified atom stereocenters. The lowest BCUT2D eigenvalue weighted by Crippen LogP contribution is -2.59. The Hall–Kier alpha value is -3.74. The van der Waals surface area contributed by atoms with Gasteiger partial charge in [-0.2, -0.15) is 0 Å². The predicted molar refractivity (Wildman–Crippen MR) is 129 cm³/mol. The molecule has 1 N–H and O–H groups in total. The first kappa shape index (κ1) is 22.5. The van der Waals surface area contributed by atoms with E-state index in [1.54, 1.807) is 36.5 Å². The number of hydrogen-bond donors (Lipinski definition) is 1. The molecule has 2 aromatic heterocycles. The van der Waals surface area contributed by atoms with Gasteiger partial charge in [0, 0.05) is 57.3 Å². The van der Waals surface area contributed by atoms with Crippen molar-refractivity contribution in [2.45, 2.75) is 25.8 Å². The number of carbonyl (C=O) groups is 2. The molecule has 0 radical (unpaired) electrons. The third kappa shape index (κ3) is 5.03. The van der Waals surface area contributed by atoms with Crippen molar-refractivity contribution in [3.05, 3.63) is 78.2 Å². The molecule has 0 spiro atoms. The number of rotatable bonds is 7. The zero-order valence-electron chi connectivity index (χ0n) is 19.1. The van der Waals surface area contributed by atoms with Crippen LogP contribution >= 0.6 is 0 Å². The van der Waals surface area contributed by atoms with Crippen molar-refractivity contribution in [1.29, 1.82) is 0 Å². The van der Waals surface area contributed by atoms with Crippen LogP contribution in [-0.4, -0.2) is 64.3 Å². The van der Waals surface area contributed by atoms with Gasteiger partial charge in [-0.15, -0.1) is 0 Å². The standard InChI is InChI=1S/C26H29N5O2/c1-3-12-30-13-14-31(25(32)21-9-11-29-24(17-21)27-2)23(26(30)33)16-19-6-4-7-20(15-19)22-8-5-10-28-18-22/h4-11,15,17-18,23H,3,12-14,16H2,1-2H3,(H,27,29)/t23-/m1/s1. The van der Waals surface area contributed by atoms with E-state index in [0.717, 1.165) is 23.1 Å². The average Bonchev–Trinajstić information content (AvgIpc) is 2.87. The first-order valence-electron chi connectivity index (χ1n) is 11.3. The number of anilines is 1. The summed E-state index contributed by atoms with van der Waals surface area (Å²) in [5, 5.41) is 2.97. The molecule has 1 atom stereocenters. The van der Waals surface area contributed by atoms with Crippen molar-refractivity contribution in [3.63, 3.8) is 0 Å². The summed E-state index contributed by atoms with van der Waals surface area (Å²) >= 11 is 0. The van der Waals surface area contributed by atoms with E-state index in [9.17, 15) is 9.59 Å². The molecule has 1 aromatic carbocycles. The minimum atomic E-state index is -0.548. The van der Waals surface area contributed by atoms with E-state index in [0.29, 0.717) is 37.4 Å². The van der Waals surface area contributed by atoms with E-state index >= 15 is 0 Å². The summed E-state index contributed by atoms with van der Waals surface area (Å²) < 4.78 is 0. The minimum absolute atomic E-state index is 0.00567. The van der Waals surface area contributed by atoms with Gasteiger partial charge in [-0.25, -0.2) is 4.98 Å². The Morgan fingerprint density at radius 2 is 1.94 bits per heavy atom. The van der Waals surface area contributed by atoms with Crippen molar-refractivity contribution >= 4 is 17.6 Å². The summed E-state index contributed by atoms with van der Waals surface area (Å²) in [6.07, 6.45) is 6.53. The van der Waals surface area contributed by atoms with Gasteiger partial charge in [0.2, 0.25) is 5.91 Å². The molecule has 1 fully saturated rings. The third-order valence-electron chi connectivity index (χ3n) is 5.95. The van der Waals surface area contributed by atoms with Crippen LogP contribution in [0.2, 0.25) is 0 Å². The number of benzene rings is 1. The van der Waals surface area contributed by atoms with Gasteiger partial charge in [-0.3, -0.25) is 14.6 Å². The fraction of sp³-hybridized carbons (Fsp3) is 0.308. The highest BCUT2D eigenvalue weighted by molar-refractivity contribution is 5.98. The van der Waals surface area contributed by atoms with Crippen LogP contribution in [0.25, 0.3) is 11.1 Å². The molecule has 7 nitrogen and oxygen atoms in total. The van der Waals surface area contributed by atoms with Crippen LogP contribution in [0.15, 0.2) is 67.1 Å². The van der Waals surface area contributed by atoms with Gasteiger partial charge in [0.15, 0.2) is 0 Å². The maximum Gasteiger partial charge on any atom is 0.254 e. The molecule has 0 aliphatic carbocycles. The molecule has 0 bridgehead atoms. The summed E-state index contributed by atoms with van der Waals surface area (Å²) in [6.45, 7) is 3.82. The van der Waals surface area contributed by atoms with Crippen molar-refractivity contribution in [3.8, 4) is 11.1 Å². The Kier molecular flexibility index (Phi) is 6.98. The monoisotopic (exact) mass is 443 g/mol. The highest BCUT2D eigenvalue weighted by atomic mass is 16.2. The second-order valence-electron chi connectivity index (χ2n) is 8.17. The van der Waals surface area contributed by atoms with Crippen molar-refractivity contribution in [1.82, 2.24) is 19.8 Å². The molecule has 7 heteroatoms. The molecule has 1 aliphatic heterocycles. The number of hydrogen-bond acceptors (Lipinski definition) is 5. The second-order valence-corrected chi connectivity index (χ2v) is 8.17. The molecule has 1 aliphatic rings. The number of nitrogens with one attached hydrogen (secondary N) is 1. The Morgan fingerprint density at radius 1 is 1.09 bits per heavy atom. The average molecular weight is 444 g/mol. The first-order valence-corrected chi connectivity index (χ1v) is 11.3. The van der Waals surface area contributed by atoms with Crippen molar-refractivity contribution < 1.29 is 9.59 Å². The molecule has 0 saturated carbocycles. The molecule has 33 heavy (non-hydrogen) atoms. The zero-order valence-corrected chi connectivity index (χ0v) is 19.1. The molecule has 3 aromatic rings. The van der Waals surface area contributed by atoms with Gasteiger partial charge < -0.3 is 15.1 Å². The smallest absolute Gasteiger partial charge is 0.254 e. The zero-order chi connectivity index (χ0) is 23.2. The molecule has 2 amide bonds. The number of pyridine rings is 2. The molecule has 170 valence electrons. The first-order chi connectivity index (χ1) is 16.1. The number of aromatic nitrogens is 2. The quantitative estimate of drug-likeness (QED) is 0.605. The lowest BCUT2D eigenvalue weighted by molar-refractivity contribution is -0.140. The third-order valence-corrected chi connectivity index (χ3v) is 5.95. The largest absolute Gasteiger partial charge is 0.373 e. The summed E-state index contributed by atoms with van der Waals surface area (Å²) in [7, 11) is 1.77. The number of carbonyl (C=O) groups excluding carboxylic acids is 2. The molecular formula is C26H29N5O2. The Morgan fingerprint density at radius 3 is 2.70 bits per heavy atom. The molecule has 3 heterocycles. The van der Waals surface area contributed by atoms with Crippen LogP contribution in [-0.2, 0) is 11.2 Å². The van der Waals surface area contributed by atoms with Crippen LogP contribution in [0.1, 0.15) is 29.3 Å². The lowest BCUT2D eigenvalue weighted by Gasteiger charge is -2.41. The fourth-order valence-corrected chi connectivity index (χ4v) is 4.27. The maximum atomic E-state index is 13.5. The molecule has 4 rings (SSSR count). The van der Waals surface area contributed by atoms with Crippen molar-refractivity contribution in [2.75, 3.05) is 32.0 Å².